The van der Waals surface area contributed by atoms with Gasteiger partial charge in [-0.3, -0.25) is 0 Å². The first-order chi connectivity index (χ1) is 22.9. The molecule has 214 valence electrons. The Labute approximate surface area is 268 Å². The molecule has 4 heteroatoms. The summed E-state index contributed by atoms with van der Waals surface area (Å²) in [6.07, 6.45) is 0. The van der Waals surface area contributed by atoms with Gasteiger partial charge in [0.15, 0.2) is 0 Å². The minimum atomic E-state index is 0.0787. The molecule has 0 saturated heterocycles. The van der Waals surface area contributed by atoms with Gasteiger partial charge in [0.05, 0.1) is 5.52 Å². The van der Waals surface area contributed by atoms with Gasteiger partial charge in [-0.25, -0.2) is 0 Å². The zero-order valence-corrected chi connectivity index (χ0v) is 25.1. The standard InChI is InChI=1S/C42H28BN3/c1-4-14-29(15-5-1)44(30-16-6-2-7-17-30)32-26-27-38-36(28-32)43-35-22-12-21-34-33-20-10-11-23-37(33)46(42(34)35)40-25-13-24-39(41(40)43)45(38)31-18-8-3-9-19-31/h1-28H. The van der Waals surface area contributed by atoms with E-state index < -0.39 is 0 Å². The van der Waals surface area contributed by atoms with E-state index in [1.807, 2.05) is 0 Å². The summed E-state index contributed by atoms with van der Waals surface area (Å²) in [6.45, 7) is 0.0787. The molecule has 3 heterocycles. The Bertz CT molecular complexity index is 2390. The quantitative estimate of drug-likeness (QED) is 0.191. The zero-order chi connectivity index (χ0) is 30.2. The topological polar surface area (TPSA) is 11.4 Å². The first-order valence-corrected chi connectivity index (χ1v) is 15.9. The number of hydrogen-bond donors (Lipinski definition) is 0. The highest BCUT2D eigenvalue weighted by Crippen LogP contribution is 2.43. The molecular formula is C42H28BN3. The largest absolute Gasteiger partial charge is 0.311 e. The molecule has 0 saturated carbocycles. The van der Waals surface area contributed by atoms with Crippen molar-refractivity contribution in [3.05, 3.63) is 170 Å². The molecule has 0 radical (unpaired) electrons. The van der Waals surface area contributed by atoms with Crippen LogP contribution in [0.15, 0.2) is 170 Å². The summed E-state index contributed by atoms with van der Waals surface area (Å²) in [4.78, 5) is 4.83. The van der Waals surface area contributed by atoms with Crippen molar-refractivity contribution >= 4 is 79.0 Å². The van der Waals surface area contributed by atoms with E-state index in [4.69, 9.17) is 0 Å². The number of hydrogen-bond acceptors (Lipinski definition) is 2. The molecule has 46 heavy (non-hydrogen) atoms. The Morgan fingerprint density at radius 1 is 0.435 bits per heavy atom. The average Bonchev–Trinajstić information content (AvgIpc) is 3.47. The lowest BCUT2D eigenvalue weighted by Crippen LogP contribution is -2.60. The summed E-state index contributed by atoms with van der Waals surface area (Å²) in [5, 5.41) is 2.60. The highest BCUT2D eigenvalue weighted by Gasteiger charge is 2.42. The van der Waals surface area contributed by atoms with Crippen LogP contribution < -0.4 is 26.2 Å². The van der Waals surface area contributed by atoms with E-state index in [0.717, 1.165) is 22.7 Å². The van der Waals surface area contributed by atoms with E-state index in [9.17, 15) is 0 Å². The number of anilines is 6. The van der Waals surface area contributed by atoms with Crippen molar-refractivity contribution in [2.75, 3.05) is 9.80 Å². The van der Waals surface area contributed by atoms with E-state index in [0.29, 0.717) is 0 Å². The molecule has 0 N–H and O–H groups in total. The molecule has 7 aromatic carbocycles. The summed E-state index contributed by atoms with van der Waals surface area (Å²) in [5.41, 5.74) is 14.9. The van der Waals surface area contributed by atoms with Crippen molar-refractivity contribution in [1.82, 2.24) is 4.57 Å². The smallest absolute Gasteiger partial charge is 0.252 e. The number of fused-ring (bicyclic) bond motifs is 7. The fourth-order valence-electron chi connectivity index (χ4n) is 7.94. The maximum Gasteiger partial charge on any atom is 0.252 e. The van der Waals surface area contributed by atoms with Gasteiger partial charge in [-0.15, -0.1) is 0 Å². The Kier molecular flexibility index (Phi) is 5.37. The van der Waals surface area contributed by atoms with E-state index in [1.165, 1.54) is 55.3 Å². The fourth-order valence-corrected chi connectivity index (χ4v) is 7.94. The van der Waals surface area contributed by atoms with Gasteiger partial charge in [0.1, 0.15) is 0 Å². The lowest BCUT2D eigenvalue weighted by molar-refractivity contribution is 1.18. The molecule has 0 atom stereocenters. The lowest BCUT2D eigenvalue weighted by atomic mass is 9.34. The second kappa shape index (κ2) is 9.75. The predicted molar refractivity (Wildman–Crippen MR) is 195 cm³/mol. The van der Waals surface area contributed by atoms with Gasteiger partial charge in [-0.2, -0.15) is 0 Å². The molecule has 8 aromatic rings. The summed E-state index contributed by atoms with van der Waals surface area (Å²) >= 11 is 0. The minimum Gasteiger partial charge on any atom is -0.311 e. The number of para-hydroxylation sites is 5. The van der Waals surface area contributed by atoms with Crippen LogP contribution in [0.1, 0.15) is 0 Å². The Morgan fingerprint density at radius 2 is 1.07 bits per heavy atom. The molecule has 0 amide bonds. The van der Waals surface area contributed by atoms with E-state index >= 15 is 0 Å². The third kappa shape index (κ3) is 3.50. The summed E-state index contributed by atoms with van der Waals surface area (Å²) in [7, 11) is 0. The molecule has 0 aliphatic carbocycles. The fraction of sp³-hybridized carbons (Fsp3) is 0. The minimum absolute atomic E-state index is 0.0787. The molecule has 0 fully saturated rings. The molecular weight excluding hydrogens is 557 g/mol. The molecule has 0 unspecified atom stereocenters. The number of benzene rings is 7. The van der Waals surface area contributed by atoms with Crippen molar-refractivity contribution in [3.8, 4) is 5.69 Å². The summed E-state index contributed by atoms with van der Waals surface area (Å²) < 4.78 is 2.51. The second-order valence-corrected chi connectivity index (χ2v) is 12.2. The third-order valence-electron chi connectivity index (χ3n) is 9.73. The van der Waals surface area contributed by atoms with E-state index in [1.54, 1.807) is 0 Å². The van der Waals surface area contributed by atoms with Crippen LogP contribution in [0.25, 0.3) is 27.5 Å². The Hall–Kier alpha value is -6.00. The van der Waals surface area contributed by atoms with Gasteiger partial charge in [0.2, 0.25) is 0 Å². The molecule has 2 aliphatic rings. The van der Waals surface area contributed by atoms with E-state index in [2.05, 4.69) is 184 Å². The van der Waals surface area contributed by atoms with Crippen LogP contribution >= 0.6 is 0 Å². The van der Waals surface area contributed by atoms with Crippen LogP contribution in [0.2, 0.25) is 0 Å². The van der Waals surface area contributed by atoms with Gasteiger partial charge in [0, 0.05) is 56.1 Å². The number of nitrogens with zero attached hydrogens (tertiary/aromatic N) is 3. The van der Waals surface area contributed by atoms with Crippen LogP contribution in [0.5, 0.6) is 0 Å². The van der Waals surface area contributed by atoms with Crippen LogP contribution in [-0.2, 0) is 0 Å². The normalized spacial score (nSPS) is 12.7. The van der Waals surface area contributed by atoms with Crippen LogP contribution in [0.3, 0.4) is 0 Å². The Morgan fingerprint density at radius 3 is 1.83 bits per heavy atom. The lowest BCUT2D eigenvalue weighted by Gasteiger charge is -2.40. The number of aromatic nitrogens is 1. The van der Waals surface area contributed by atoms with Crippen molar-refractivity contribution in [3.63, 3.8) is 0 Å². The second-order valence-electron chi connectivity index (χ2n) is 12.2. The monoisotopic (exact) mass is 585 g/mol. The third-order valence-corrected chi connectivity index (χ3v) is 9.73. The first kappa shape index (κ1) is 25.3. The van der Waals surface area contributed by atoms with Crippen molar-refractivity contribution in [1.29, 1.82) is 0 Å². The average molecular weight is 586 g/mol. The van der Waals surface area contributed by atoms with Crippen LogP contribution in [-0.4, -0.2) is 11.3 Å². The van der Waals surface area contributed by atoms with Crippen molar-refractivity contribution < 1.29 is 0 Å². The Balaban J connectivity index is 1.31. The van der Waals surface area contributed by atoms with Gasteiger partial charge in [-0.1, -0.05) is 97.1 Å². The van der Waals surface area contributed by atoms with Crippen molar-refractivity contribution in [2.24, 2.45) is 0 Å². The first-order valence-electron chi connectivity index (χ1n) is 15.9. The SMILES string of the molecule is c1ccc(N(c2ccccc2)c2ccc3c(c2)B2c4c(cccc4-n4c5ccccc5c5cccc2c54)N3c2ccccc2)cc1. The van der Waals surface area contributed by atoms with Gasteiger partial charge >= 0.3 is 0 Å². The molecule has 0 spiro atoms. The van der Waals surface area contributed by atoms with Crippen molar-refractivity contribution in [2.45, 2.75) is 0 Å². The maximum absolute atomic E-state index is 2.51. The van der Waals surface area contributed by atoms with Crippen LogP contribution in [0, 0.1) is 0 Å². The number of rotatable bonds is 4. The van der Waals surface area contributed by atoms with Gasteiger partial charge < -0.3 is 14.4 Å². The van der Waals surface area contributed by atoms with Gasteiger partial charge in [-0.05, 0) is 89.2 Å². The molecule has 2 aliphatic heterocycles. The van der Waals surface area contributed by atoms with E-state index in [-0.39, 0.29) is 6.71 Å². The molecule has 0 bridgehead atoms. The van der Waals surface area contributed by atoms with Gasteiger partial charge in [0.25, 0.3) is 6.71 Å². The maximum atomic E-state index is 2.51. The summed E-state index contributed by atoms with van der Waals surface area (Å²) in [6, 6.07) is 61.8. The molecule has 3 nitrogen and oxygen atoms in total. The van der Waals surface area contributed by atoms with Crippen LogP contribution in [0.4, 0.5) is 34.1 Å². The molecule has 10 rings (SSSR count). The predicted octanol–water partition coefficient (Wildman–Crippen LogP) is 8.87. The highest BCUT2D eigenvalue weighted by molar-refractivity contribution is 7.00. The molecule has 1 aromatic heterocycles. The zero-order valence-electron chi connectivity index (χ0n) is 25.1. The summed E-state index contributed by atoms with van der Waals surface area (Å²) in [5.74, 6) is 0. The highest BCUT2D eigenvalue weighted by atomic mass is 15.2.